The summed E-state index contributed by atoms with van der Waals surface area (Å²) in [6, 6.07) is 6.37. The molecule has 1 aromatic heterocycles. The van der Waals surface area contributed by atoms with Crippen LogP contribution in [-0.2, 0) is 4.79 Å². The number of amides is 1. The first kappa shape index (κ1) is 16.4. The van der Waals surface area contributed by atoms with E-state index in [2.05, 4.69) is 10.3 Å². The lowest BCUT2D eigenvalue weighted by Gasteiger charge is -2.14. The SMILES string of the molecule is Cc1cnc(C(NC(=O)/C=C/c2ccc(C(=O)O)cc2)C2CC2)s1. The fourth-order valence-electron chi connectivity index (χ4n) is 2.44. The summed E-state index contributed by atoms with van der Waals surface area (Å²) in [7, 11) is 0. The third-order valence-electron chi connectivity index (χ3n) is 3.88. The zero-order chi connectivity index (χ0) is 17.1. The molecule has 1 atom stereocenters. The molecule has 5 nitrogen and oxygen atoms in total. The summed E-state index contributed by atoms with van der Waals surface area (Å²) in [6.45, 7) is 2.01. The van der Waals surface area contributed by atoms with Crippen molar-refractivity contribution in [3.8, 4) is 0 Å². The van der Waals surface area contributed by atoms with Crippen LogP contribution in [-0.4, -0.2) is 22.0 Å². The van der Waals surface area contributed by atoms with E-state index in [1.165, 1.54) is 18.2 Å². The molecule has 0 saturated heterocycles. The number of thiazole rings is 1. The highest BCUT2D eigenvalue weighted by Gasteiger charge is 2.34. The molecular formula is C18H18N2O3S. The van der Waals surface area contributed by atoms with Gasteiger partial charge in [-0.3, -0.25) is 4.79 Å². The Labute approximate surface area is 144 Å². The Hall–Kier alpha value is -2.47. The molecule has 3 rings (SSSR count). The quantitative estimate of drug-likeness (QED) is 0.788. The minimum Gasteiger partial charge on any atom is -0.478 e. The van der Waals surface area contributed by atoms with Crippen molar-refractivity contribution in [1.82, 2.24) is 10.3 Å². The molecule has 1 amide bonds. The van der Waals surface area contributed by atoms with Crippen LogP contribution in [0, 0.1) is 12.8 Å². The molecular weight excluding hydrogens is 324 g/mol. The molecule has 2 aromatic rings. The van der Waals surface area contributed by atoms with Gasteiger partial charge in [0.1, 0.15) is 5.01 Å². The average Bonchev–Trinajstić information content (AvgIpc) is 3.32. The van der Waals surface area contributed by atoms with E-state index >= 15 is 0 Å². The Bertz CT molecular complexity index is 776. The van der Waals surface area contributed by atoms with E-state index in [1.54, 1.807) is 29.5 Å². The maximum absolute atomic E-state index is 12.2. The second-order valence-corrected chi connectivity index (χ2v) is 7.16. The van der Waals surface area contributed by atoms with E-state index in [0.29, 0.717) is 5.92 Å². The number of hydrogen-bond donors (Lipinski definition) is 2. The zero-order valence-electron chi connectivity index (χ0n) is 13.2. The van der Waals surface area contributed by atoms with Crippen LogP contribution in [0.3, 0.4) is 0 Å². The van der Waals surface area contributed by atoms with E-state index in [1.807, 2.05) is 13.1 Å². The van der Waals surface area contributed by atoms with Gasteiger partial charge in [0, 0.05) is 17.2 Å². The Balaban J connectivity index is 1.64. The molecule has 0 aliphatic heterocycles. The number of rotatable bonds is 6. The number of hydrogen-bond acceptors (Lipinski definition) is 4. The summed E-state index contributed by atoms with van der Waals surface area (Å²) in [5, 5.41) is 12.9. The summed E-state index contributed by atoms with van der Waals surface area (Å²) in [6.07, 6.45) is 7.22. The van der Waals surface area contributed by atoms with E-state index in [4.69, 9.17) is 5.11 Å². The lowest BCUT2D eigenvalue weighted by molar-refractivity contribution is -0.117. The molecule has 6 heteroatoms. The van der Waals surface area contributed by atoms with Crippen LogP contribution in [0.25, 0.3) is 6.08 Å². The topological polar surface area (TPSA) is 79.3 Å². The zero-order valence-corrected chi connectivity index (χ0v) is 14.0. The summed E-state index contributed by atoms with van der Waals surface area (Å²) >= 11 is 1.62. The van der Waals surface area contributed by atoms with Crippen LogP contribution < -0.4 is 5.32 Å². The normalized spacial score (nSPS) is 15.4. The van der Waals surface area contributed by atoms with Crippen LogP contribution in [0.4, 0.5) is 0 Å². The molecule has 0 spiro atoms. The highest BCUT2D eigenvalue weighted by molar-refractivity contribution is 7.11. The largest absolute Gasteiger partial charge is 0.478 e. The summed E-state index contributed by atoms with van der Waals surface area (Å²) in [4.78, 5) is 28.6. The first-order valence-corrected chi connectivity index (χ1v) is 8.59. The second kappa shape index (κ2) is 6.97. The molecule has 1 fully saturated rings. The first-order chi connectivity index (χ1) is 11.5. The molecule has 124 valence electrons. The van der Waals surface area contributed by atoms with Crippen LogP contribution in [0.1, 0.15) is 44.7 Å². The number of aromatic carboxylic acids is 1. The predicted molar refractivity (Wildman–Crippen MR) is 92.9 cm³/mol. The van der Waals surface area contributed by atoms with Gasteiger partial charge in [-0.2, -0.15) is 0 Å². The first-order valence-electron chi connectivity index (χ1n) is 7.77. The van der Waals surface area contributed by atoms with Gasteiger partial charge < -0.3 is 10.4 Å². The van der Waals surface area contributed by atoms with Gasteiger partial charge in [-0.25, -0.2) is 9.78 Å². The minimum atomic E-state index is -0.964. The third-order valence-corrected chi connectivity index (χ3v) is 4.88. The van der Waals surface area contributed by atoms with Gasteiger partial charge >= 0.3 is 5.97 Å². The van der Waals surface area contributed by atoms with Gasteiger partial charge in [0.25, 0.3) is 0 Å². The Morgan fingerprint density at radius 1 is 1.33 bits per heavy atom. The van der Waals surface area contributed by atoms with Gasteiger partial charge in [0.15, 0.2) is 0 Å². The Morgan fingerprint density at radius 2 is 2.04 bits per heavy atom. The molecule has 1 heterocycles. The van der Waals surface area contributed by atoms with Crippen molar-refractivity contribution in [2.75, 3.05) is 0 Å². The number of aromatic nitrogens is 1. The van der Waals surface area contributed by atoms with Crippen molar-refractivity contribution in [3.05, 3.63) is 57.6 Å². The summed E-state index contributed by atoms with van der Waals surface area (Å²) in [5.74, 6) is -0.654. The van der Waals surface area contributed by atoms with E-state index < -0.39 is 5.97 Å². The van der Waals surface area contributed by atoms with Crippen molar-refractivity contribution < 1.29 is 14.7 Å². The number of carboxylic acid groups (broad SMARTS) is 1. The number of carboxylic acids is 1. The van der Waals surface area contributed by atoms with Gasteiger partial charge in [-0.1, -0.05) is 12.1 Å². The standard InChI is InChI=1S/C18H18N2O3S/c1-11-10-19-17(24-11)16(13-7-8-13)20-15(21)9-4-12-2-5-14(6-3-12)18(22)23/h2-6,9-10,13,16H,7-8H2,1H3,(H,20,21)(H,22,23)/b9-4+. The molecule has 1 saturated carbocycles. The van der Waals surface area contributed by atoms with Gasteiger partial charge in [-0.05, 0) is 49.5 Å². The molecule has 1 unspecified atom stereocenters. The van der Waals surface area contributed by atoms with Gasteiger partial charge in [0.2, 0.25) is 5.91 Å². The lowest BCUT2D eigenvalue weighted by atomic mass is 10.1. The number of nitrogens with one attached hydrogen (secondary N) is 1. The van der Waals surface area contributed by atoms with Crippen LogP contribution >= 0.6 is 11.3 Å². The minimum absolute atomic E-state index is 0.0183. The fourth-order valence-corrected chi connectivity index (χ4v) is 3.36. The predicted octanol–water partition coefficient (Wildman–Crippen LogP) is 3.43. The van der Waals surface area contributed by atoms with Crippen LogP contribution in [0.2, 0.25) is 0 Å². The summed E-state index contributed by atoms with van der Waals surface area (Å²) in [5.41, 5.74) is 1.01. The van der Waals surface area contributed by atoms with Crippen molar-refractivity contribution in [2.24, 2.45) is 5.92 Å². The smallest absolute Gasteiger partial charge is 0.335 e. The lowest BCUT2D eigenvalue weighted by Crippen LogP contribution is -2.28. The fraction of sp³-hybridized carbons (Fsp3) is 0.278. The number of carbonyl (C=O) groups is 2. The summed E-state index contributed by atoms with van der Waals surface area (Å²) < 4.78 is 0. The number of aryl methyl sites for hydroxylation is 1. The Morgan fingerprint density at radius 3 is 2.58 bits per heavy atom. The van der Waals surface area contributed by atoms with Crippen molar-refractivity contribution in [1.29, 1.82) is 0 Å². The molecule has 1 aliphatic rings. The maximum Gasteiger partial charge on any atom is 0.335 e. The molecule has 0 bridgehead atoms. The maximum atomic E-state index is 12.2. The van der Waals surface area contributed by atoms with Crippen molar-refractivity contribution in [3.63, 3.8) is 0 Å². The molecule has 24 heavy (non-hydrogen) atoms. The van der Waals surface area contributed by atoms with Crippen LogP contribution in [0.15, 0.2) is 36.5 Å². The molecule has 1 aliphatic carbocycles. The number of nitrogens with zero attached hydrogens (tertiary/aromatic N) is 1. The average molecular weight is 342 g/mol. The number of benzene rings is 1. The van der Waals surface area contributed by atoms with E-state index in [-0.39, 0.29) is 17.5 Å². The monoisotopic (exact) mass is 342 g/mol. The van der Waals surface area contributed by atoms with E-state index in [9.17, 15) is 9.59 Å². The van der Waals surface area contributed by atoms with Gasteiger partial charge in [-0.15, -0.1) is 11.3 Å². The highest BCUT2D eigenvalue weighted by atomic mass is 32.1. The Kier molecular flexibility index (Phi) is 4.76. The molecule has 0 radical (unpaired) electrons. The van der Waals surface area contributed by atoms with E-state index in [0.717, 1.165) is 28.3 Å². The molecule has 2 N–H and O–H groups in total. The van der Waals surface area contributed by atoms with Gasteiger partial charge in [0.05, 0.1) is 11.6 Å². The molecule has 1 aromatic carbocycles. The highest BCUT2D eigenvalue weighted by Crippen LogP contribution is 2.42. The number of carbonyl (C=O) groups excluding carboxylic acids is 1. The third kappa shape index (κ3) is 4.08. The van der Waals surface area contributed by atoms with Crippen LogP contribution in [0.5, 0.6) is 0 Å². The van der Waals surface area contributed by atoms with Crippen molar-refractivity contribution in [2.45, 2.75) is 25.8 Å². The van der Waals surface area contributed by atoms with Crippen molar-refractivity contribution >= 4 is 29.3 Å². The second-order valence-electron chi connectivity index (χ2n) is 5.89.